The van der Waals surface area contributed by atoms with E-state index in [1.165, 1.54) is 12.7 Å². The third kappa shape index (κ3) is 3.63. The molecule has 1 unspecified atom stereocenters. The van der Waals surface area contributed by atoms with Crippen LogP contribution in [-0.2, 0) is 4.79 Å². The minimum atomic E-state index is 0.0667. The first-order chi connectivity index (χ1) is 10.3. The summed E-state index contributed by atoms with van der Waals surface area (Å²) in [5, 5.41) is 17.2. The van der Waals surface area contributed by atoms with E-state index in [4.69, 9.17) is 0 Å². The largest absolute Gasteiger partial charge is 0.326 e. The molecule has 1 amide bonds. The quantitative estimate of drug-likeness (QED) is 0.856. The zero-order chi connectivity index (χ0) is 14.5. The lowest BCUT2D eigenvalue weighted by Gasteiger charge is -2.09. The van der Waals surface area contributed by atoms with Crippen LogP contribution >= 0.6 is 0 Å². The molecule has 2 N–H and O–H groups in total. The first kappa shape index (κ1) is 13.7. The molecular formula is C14H18N6O. The molecule has 1 saturated heterocycles. The number of carbonyl (C=O) groups excluding carboxylic acids is 1. The number of rotatable bonds is 5. The predicted octanol–water partition coefficient (Wildman–Crippen LogP) is 0.990. The molecule has 0 aliphatic carbocycles. The first-order valence-electron chi connectivity index (χ1n) is 7.15. The number of hydrogen-bond donors (Lipinski definition) is 2. The van der Waals surface area contributed by atoms with Gasteiger partial charge < -0.3 is 10.6 Å². The molecule has 7 heteroatoms. The van der Waals surface area contributed by atoms with Gasteiger partial charge in [0.1, 0.15) is 6.33 Å². The lowest BCUT2D eigenvalue weighted by Crippen LogP contribution is -2.15. The minimum Gasteiger partial charge on any atom is -0.326 e. The van der Waals surface area contributed by atoms with E-state index < -0.39 is 0 Å². The number of aromatic nitrogens is 4. The maximum atomic E-state index is 11.9. The van der Waals surface area contributed by atoms with Crippen LogP contribution in [0.5, 0.6) is 0 Å². The highest BCUT2D eigenvalue weighted by molar-refractivity contribution is 5.90. The second kappa shape index (κ2) is 6.45. The van der Waals surface area contributed by atoms with Crippen molar-refractivity contribution in [2.45, 2.75) is 19.3 Å². The Morgan fingerprint density at radius 3 is 2.90 bits per heavy atom. The van der Waals surface area contributed by atoms with Crippen molar-refractivity contribution in [3.8, 4) is 5.69 Å². The van der Waals surface area contributed by atoms with E-state index in [0.29, 0.717) is 12.3 Å². The van der Waals surface area contributed by atoms with E-state index in [0.717, 1.165) is 30.9 Å². The summed E-state index contributed by atoms with van der Waals surface area (Å²) in [6.45, 7) is 2.11. The molecule has 1 aliphatic heterocycles. The molecule has 110 valence electrons. The molecule has 3 rings (SSSR count). The molecule has 1 aromatic carbocycles. The molecule has 2 aromatic rings. The van der Waals surface area contributed by atoms with Gasteiger partial charge in [-0.05, 0) is 66.5 Å². The van der Waals surface area contributed by atoms with Gasteiger partial charge in [-0.3, -0.25) is 4.79 Å². The summed E-state index contributed by atoms with van der Waals surface area (Å²) in [5.74, 6) is 0.704. The zero-order valence-electron chi connectivity index (χ0n) is 11.7. The number of carbonyl (C=O) groups is 1. The Labute approximate surface area is 122 Å². The Bertz CT molecular complexity index is 574. The summed E-state index contributed by atoms with van der Waals surface area (Å²) in [5.41, 5.74) is 1.65. The molecule has 1 atom stereocenters. The van der Waals surface area contributed by atoms with Gasteiger partial charge in [0.15, 0.2) is 0 Å². The lowest BCUT2D eigenvalue weighted by molar-refractivity contribution is -0.116. The molecular weight excluding hydrogens is 268 g/mol. The van der Waals surface area contributed by atoms with Gasteiger partial charge in [0.2, 0.25) is 5.91 Å². The number of anilines is 1. The van der Waals surface area contributed by atoms with Crippen LogP contribution in [0.15, 0.2) is 30.6 Å². The maximum absolute atomic E-state index is 11.9. The van der Waals surface area contributed by atoms with Gasteiger partial charge in [-0.15, -0.1) is 5.10 Å². The van der Waals surface area contributed by atoms with E-state index in [2.05, 4.69) is 26.2 Å². The third-order valence-electron chi connectivity index (χ3n) is 3.71. The van der Waals surface area contributed by atoms with Crippen LogP contribution < -0.4 is 10.6 Å². The van der Waals surface area contributed by atoms with Gasteiger partial charge in [0.05, 0.1) is 5.69 Å². The molecule has 1 fully saturated rings. The van der Waals surface area contributed by atoms with Gasteiger partial charge in [0, 0.05) is 12.1 Å². The van der Waals surface area contributed by atoms with Crippen molar-refractivity contribution in [2.75, 3.05) is 18.4 Å². The second-order valence-corrected chi connectivity index (χ2v) is 5.25. The van der Waals surface area contributed by atoms with Gasteiger partial charge in [0.25, 0.3) is 0 Å². The van der Waals surface area contributed by atoms with E-state index >= 15 is 0 Å². The predicted molar refractivity (Wildman–Crippen MR) is 78.0 cm³/mol. The van der Waals surface area contributed by atoms with Crippen molar-refractivity contribution in [3.05, 3.63) is 30.6 Å². The average molecular weight is 286 g/mol. The van der Waals surface area contributed by atoms with Crippen LogP contribution in [0, 0.1) is 5.92 Å². The number of amides is 1. The van der Waals surface area contributed by atoms with E-state index in [1.807, 2.05) is 24.3 Å². The highest BCUT2D eigenvalue weighted by atomic mass is 16.1. The molecule has 0 saturated carbocycles. The van der Waals surface area contributed by atoms with Gasteiger partial charge in [-0.25, -0.2) is 4.68 Å². The van der Waals surface area contributed by atoms with Crippen molar-refractivity contribution >= 4 is 11.6 Å². The normalized spacial score (nSPS) is 17.8. The number of benzene rings is 1. The van der Waals surface area contributed by atoms with E-state index in [1.54, 1.807) is 4.68 Å². The standard InChI is InChI=1S/C14H18N6O/c21-14(6-1-11-7-8-15-9-11)17-12-2-4-13(5-3-12)20-10-16-18-19-20/h2-5,10-11,15H,1,6-9H2,(H,17,21). The summed E-state index contributed by atoms with van der Waals surface area (Å²) in [7, 11) is 0. The summed E-state index contributed by atoms with van der Waals surface area (Å²) in [6.07, 6.45) is 4.22. The molecule has 0 radical (unpaired) electrons. The zero-order valence-corrected chi connectivity index (χ0v) is 11.7. The topological polar surface area (TPSA) is 84.7 Å². The summed E-state index contributed by atoms with van der Waals surface area (Å²) in [6, 6.07) is 7.44. The number of hydrogen-bond acceptors (Lipinski definition) is 5. The van der Waals surface area contributed by atoms with Crippen LogP contribution in [-0.4, -0.2) is 39.2 Å². The Hall–Kier alpha value is -2.28. The average Bonchev–Trinajstić information content (AvgIpc) is 3.19. The summed E-state index contributed by atoms with van der Waals surface area (Å²) in [4.78, 5) is 11.9. The van der Waals surface area contributed by atoms with Gasteiger partial charge >= 0.3 is 0 Å². The van der Waals surface area contributed by atoms with Crippen LogP contribution in [0.4, 0.5) is 5.69 Å². The van der Waals surface area contributed by atoms with E-state index in [9.17, 15) is 4.79 Å². The lowest BCUT2D eigenvalue weighted by atomic mass is 10.0. The summed E-state index contributed by atoms with van der Waals surface area (Å²) >= 11 is 0. The van der Waals surface area contributed by atoms with Crippen LogP contribution in [0.25, 0.3) is 5.69 Å². The van der Waals surface area contributed by atoms with Crippen LogP contribution in [0.2, 0.25) is 0 Å². The molecule has 7 nitrogen and oxygen atoms in total. The van der Waals surface area contributed by atoms with Crippen molar-refractivity contribution < 1.29 is 4.79 Å². The fourth-order valence-electron chi connectivity index (χ4n) is 2.50. The fraction of sp³-hybridized carbons (Fsp3) is 0.429. The highest BCUT2D eigenvalue weighted by Gasteiger charge is 2.15. The Balaban J connectivity index is 1.51. The first-order valence-corrected chi connectivity index (χ1v) is 7.15. The fourth-order valence-corrected chi connectivity index (χ4v) is 2.50. The van der Waals surface area contributed by atoms with E-state index in [-0.39, 0.29) is 5.91 Å². The smallest absolute Gasteiger partial charge is 0.224 e. The second-order valence-electron chi connectivity index (χ2n) is 5.25. The molecule has 2 heterocycles. The minimum absolute atomic E-state index is 0.0667. The van der Waals surface area contributed by atoms with Crippen molar-refractivity contribution in [2.24, 2.45) is 5.92 Å². The number of nitrogens with one attached hydrogen (secondary N) is 2. The molecule has 0 bridgehead atoms. The Morgan fingerprint density at radius 2 is 2.24 bits per heavy atom. The van der Waals surface area contributed by atoms with Crippen molar-refractivity contribution in [1.82, 2.24) is 25.5 Å². The van der Waals surface area contributed by atoms with Gasteiger partial charge in [-0.1, -0.05) is 0 Å². The molecule has 0 spiro atoms. The third-order valence-corrected chi connectivity index (χ3v) is 3.71. The Kier molecular flexibility index (Phi) is 4.20. The van der Waals surface area contributed by atoms with Crippen molar-refractivity contribution in [1.29, 1.82) is 0 Å². The van der Waals surface area contributed by atoms with Crippen LogP contribution in [0.1, 0.15) is 19.3 Å². The SMILES string of the molecule is O=C(CCC1CCNC1)Nc1ccc(-n2cnnn2)cc1. The maximum Gasteiger partial charge on any atom is 0.224 e. The Morgan fingerprint density at radius 1 is 1.38 bits per heavy atom. The summed E-state index contributed by atoms with van der Waals surface area (Å²) < 4.78 is 1.57. The monoisotopic (exact) mass is 286 g/mol. The van der Waals surface area contributed by atoms with Crippen LogP contribution in [0.3, 0.4) is 0 Å². The van der Waals surface area contributed by atoms with Gasteiger partial charge in [-0.2, -0.15) is 0 Å². The number of nitrogens with zero attached hydrogens (tertiary/aromatic N) is 4. The highest BCUT2D eigenvalue weighted by Crippen LogP contribution is 2.16. The number of tetrazole rings is 1. The molecule has 1 aromatic heterocycles. The molecule has 21 heavy (non-hydrogen) atoms. The molecule has 1 aliphatic rings. The van der Waals surface area contributed by atoms with Crippen molar-refractivity contribution in [3.63, 3.8) is 0 Å².